The van der Waals surface area contributed by atoms with Gasteiger partial charge in [-0.05, 0) is 48.1 Å². The number of carbonyl (C=O) groups excluding carboxylic acids is 1. The molecule has 0 bridgehead atoms. The van der Waals surface area contributed by atoms with Crippen LogP contribution in [0.1, 0.15) is 40.9 Å². The maximum Gasteiger partial charge on any atom is 0.433 e. The van der Waals surface area contributed by atoms with Crippen molar-refractivity contribution in [2.75, 3.05) is 18.0 Å². The SMILES string of the molecule is O=C(CC1CN(c2ccc(C(F)(F)F)nc2)C1)N1Cc2ncc3c(c2C1)CCC3. The van der Waals surface area contributed by atoms with E-state index in [-0.39, 0.29) is 11.8 Å². The van der Waals surface area contributed by atoms with E-state index in [0.29, 0.717) is 38.3 Å². The molecule has 0 radical (unpaired) electrons. The molecule has 2 aromatic rings. The van der Waals surface area contributed by atoms with Crippen molar-refractivity contribution in [1.29, 1.82) is 0 Å². The molecular weight excluding hydrogens is 381 g/mol. The summed E-state index contributed by atoms with van der Waals surface area (Å²) in [7, 11) is 0. The monoisotopic (exact) mass is 402 g/mol. The number of fused-ring (bicyclic) bond motifs is 3. The highest BCUT2D eigenvalue weighted by Crippen LogP contribution is 2.34. The topological polar surface area (TPSA) is 49.3 Å². The Morgan fingerprint density at radius 2 is 1.90 bits per heavy atom. The Morgan fingerprint density at radius 3 is 2.62 bits per heavy atom. The predicted octanol–water partition coefficient (Wildman–Crippen LogP) is 3.35. The maximum absolute atomic E-state index is 12.8. The highest BCUT2D eigenvalue weighted by atomic mass is 19.4. The van der Waals surface area contributed by atoms with Crippen LogP contribution in [0.5, 0.6) is 0 Å². The van der Waals surface area contributed by atoms with Gasteiger partial charge in [-0.15, -0.1) is 0 Å². The third-order valence-corrected chi connectivity index (χ3v) is 6.22. The van der Waals surface area contributed by atoms with Crippen molar-refractivity contribution >= 4 is 11.6 Å². The number of nitrogens with zero attached hydrogens (tertiary/aromatic N) is 4. The molecule has 0 unspecified atom stereocenters. The average Bonchev–Trinajstić information content (AvgIpc) is 3.29. The fourth-order valence-electron chi connectivity index (χ4n) is 4.62. The van der Waals surface area contributed by atoms with Gasteiger partial charge in [0.25, 0.3) is 0 Å². The fourth-order valence-corrected chi connectivity index (χ4v) is 4.62. The van der Waals surface area contributed by atoms with E-state index in [0.717, 1.165) is 31.0 Å². The van der Waals surface area contributed by atoms with Gasteiger partial charge in [-0.1, -0.05) is 0 Å². The lowest BCUT2D eigenvalue weighted by Crippen LogP contribution is -2.48. The van der Waals surface area contributed by atoms with Gasteiger partial charge in [0.15, 0.2) is 0 Å². The Labute approximate surface area is 166 Å². The summed E-state index contributed by atoms with van der Waals surface area (Å²) in [5.74, 6) is 0.345. The number of rotatable bonds is 3. The van der Waals surface area contributed by atoms with Gasteiger partial charge in [-0.3, -0.25) is 9.78 Å². The van der Waals surface area contributed by atoms with Crippen LogP contribution in [0.4, 0.5) is 18.9 Å². The van der Waals surface area contributed by atoms with Gasteiger partial charge in [0, 0.05) is 38.2 Å². The van der Waals surface area contributed by atoms with Gasteiger partial charge in [-0.25, -0.2) is 4.98 Å². The van der Waals surface area contributed by atoms with Crippen molar-refractivity contribution in [3.63, 3.8) is 0 Å². The van der Waals surface area contributed by atoms with E-state index in [4.69, 9.17) is 0 Å². The Morgan fingerprint density at radius 1 is 1.07 bits per heavy atom. The van der Waals surface area contributed by atoms with Gasteiger partial charge < -0.3 is 9.80 Å². The van der Waals surface area contributed by atoms with Gasteiger partial charge >= 0.3 is 6.18 Å². The number of pyridine rings is 2. The molecule has 3 aliphatic rings. The molecular formula is C21H21F3N4O. The second-order valence-electron chi connectivity index (χ2n) is 8.17. The summed E-state index contributed by atoms with van der Waals surface area (Å²) in [6.07, 6.45) is 2.59. The summed E-state index contributed by atoms with van der Waals surface area (Å²) < 4.78 is 37.9. The smallest absolute Gasteiger partial charge is 0.370 e. The number of hydrogen-bond acceptors (Lipinski definition) is 4. The zero-order valence-corrected chi connectivity index (χ0v) is 15.9. The van der Waals surface area contributed by atoms with Gasteiger partial charge in [-0.2, -0.15) is 13.2 Å². The molecule has 2 aromatic heterocycles. The lowest BCUT2D eigenvalue weighted by atomic mass is 9.95. The van der Waals surface area contributed by atoms with Gasteiger partial charge in [0.2, 0.25) is 5.91 Å². The molecule has 1 aliphatic carbocycles. The molecule has 8 heteroatoms. The Kier molecular flexibility index (Phi) is 4.26. The van der Waals surface area contributed by atoms with Crippen molar-refractivity contribution in [3.05, 3.63) is 52.6 Å². The van der Waals surface area contributed by atoms with Crippen LogP contribution in [0.2, 0.25) is 0 Å². The maximum atomic E-state index is 12.8. The van der Waals surface area contributed by atoms with Crippen molar-refractivity contribution in [3.8, 4) is 0 Å². The fraction of sp³-hybridized carbons (Fsp3) is 0.476. The van der Waals surface area contributed by atoms with Crippen LogP contribution in [-0.4, -0.2) is 33.9 Å². The molecule has 29 heavy (non-hydrogen) atoms. The number of carbonyl (C=O) groups is 1. The quantitative estimate of drug-likeness (QED) is 0.790. The minimum atomic E-state index is -4.43. The third kappa shape index (κ3) is 3.34. The van der Waals surface area contributed by atoms with E-state index in [1.165, 1.54) is 29.0 Å². The van der Waals surface area contributed by atoms with Crippen LogP contribution in [0.15, 0.2) is 24.5 Å². The molecule has 0 saturated carbocycles. The number of anilines is 1. The molecule has 5 rings (SSSR count). The molecule has 1 fully saturated rings. The number of hydrogen-bond donors (Lipinski definition) is 0. The molecule has 4 heterocycles. The van der Waals surface area contributed by atoms with Crippen molar-refractivity contribution < 1.29 is 18.0 Å². The van der Waals surface area contributed by atoms with Crippen LogP contribution in [0.3, 0.4) is 0 Å². The van der Waals surface area contributed by atoms with Crippen molar-refractivity contribution in [2.45, 2.75) is 44.9 Å². The van der Waals surface area contributed by atoms with E-state index in [1.54, 1.807) is 0 Å². The zero-order chi connectivity index (χ0) is 20.2. The molecule has 5 nitrogen and oxygen atoms in total. The third-order valence-electron chi connectivity index (χ3n) is 6.22. The number of aryl methyl sites for hydroxylation is 1. The van der Waals surface area contributed by atoms with Crippen molar-refractivity contribution in [1.82, 2.24) is 14.9 Å². The highest BCUT2D eigenvalue weighted by molar-refractivity contribution is 5.77. The van der Waals surface area contributed by atoms with E-state index >= 15 is 0 Å². The van der Waals surface area contributed by atoms with E-state index < -0.39 is 11.9 Å². The van der Waals surface area contributed by atoms with Gasteiger partial charge in [0.1, 0.15) is 5.69 Å². The average molecular weight is 402 g/mol. The number of amides is 1. The van der Waals surface area contributed by atoms with E-state index in [9.17, 15) is 18.0 Å². The number of halogens is 3. The van der Waals surface area contributed by atoms with Crippen LogP contribution >= 0.6 is 0 Å². The summed E-state index contributed by atoms with van der Waals surface area (Å²) in [4.78, 5) is 24.7. The second kappa shape index (κ2) is 6.71. The molecule has 1 saturated heterocycles. The van der Waals surface area contributed by atoms with Crippen LogP contribution in [-0.2, 0) is 36.9 Å². The Hall–Kier alpha value is -2.64. The Bertz CT molecular complexity index is 952. The van der Waals surface area contributed by atoms with E-state index in [1.807, 2.05) is 16.0 Å². The first-order chi connectivity index (χ1) is 13.9. The van der Waals surface area contributed by atoms with Crippen LogP contribution < -0.4 is 4.90 Å². The van der Waals surface area contributed by atoms with Crippen LogP contribution in [0.25, 0.3) is 0 Å². The first-order valence-corrected chi connectivity index (χ1v) is 9.93. The summed E-state index contributed by atoms with van der Waals surface area (Å²) >= 11 is 0. The van der Waals surface area contributed by atoms with Crippen molar-refractivity contribution in [2.24, 2.45) is 5.92 Å². The first kappa shape index (κ1) is 18.4. The molecule has 0 spiro atoms. The highest BCUT2D eigenvalue weighted by Gasteiger charge is 2.35. The molecule has 2 aliphatic heterocycles. The molecule has 1 amide bonds. The number of aromatic nitrogens is 2. The standard InChI is InChI=1S/C21H21F3N4O/c22-21(23,24)19-5-4-15(8-26-19)27-9-13(10-27)6-20(29)28-11-17-16-3-1-2-14(16)7-25-18(17)12-28/h4-5,7-8,13H,1-3,6,9-12H2. The molecule has 0 atom stereocenters. The molecule has 152 valence electrons. The zero-order valence-electron chi connectivity index (χ0n) is 15.9. The largest absolute Gasteiger partial charge is 0.433 e. The van der Waals surface area contributed by atoms with Crippen LogP contribution in [0, 0.1) is 5.92 Å². The summed E-state index contributed by atoms with van der Waals surface area (Å²) in [6.45, 7) is 2.56. The minimum Gasteiger partial charge on any atom is -0.370 e. The minimum absolute atomic E-state index is 0.130. The summed E-state index contributed by atoms with van der Waals surface area (Å²) in [5.41, 5.74) is 4.79. The second-order valence-corrected chi connectivity index (χ2v) is 8.17. The van der Waals surface area contributed by atoms with Gasteiger partial charge in [0.05, 0.1) is 24.1 Å². The lowest BCUT2D eigenvalue weighted by molar-refractivity contribution is -0.141. The first-order valence-electron chi connectivity index (χ1n) is 9.93. The Balaban J connectivity index is 1.16. The predicted molar refractivity (Wildman–Crippen MR) is 100 cm³/mol. The molecule has 0 aromatic carbocycles. The summed E-state index contributed by atoms with van der Waals surface area (Å²) in [6, 6.07) is 2.44. The lowest BCUT2D eigenvalue weighted by Gasteiger charge is -2.41. The molecule has 0 N–H and O–H groups in total. The summed E-state index contributed by atoms with van der Waals surface area (Å²) in [5, 5.41) is 0. The van der Waals surface area contributed by atoms with E-state index in [2.05, 4.69) is 9.97 Å². The normalized spacial score (nSPS) is 18.6. The number of alkyl halides is 3.